The third kappa shape index (κ3) is 9.11. The molecule has 0 N–H and O–H groups in total. The van der Waals surface area contributed by atoms with Gasteiger partial charge in [0.05, 0.1) is 6.61 Å². The van der Waals surface area contributed by atoms with Gasteiger partial charge in [-0.2, -0.15) is 0 Å². The van der Waals surface area contributed by atoms with E-state index in [1.54, 1.807) is 0 Å². The molecule has 1 saturated heterocycles. The smallest absolute Gasteiger partial charge is 0.123 e. The number of aryl methyl sites for hydroxylation is 1. The van der Waals surface area contributed by atoms with Crippen LogP contribution in [-0.4, -0.2) is 18.8 Å². The molecular weight excluding hydrogens is 308 g/mol. The quantitative estimate of drug-likeness (QED) is 0.206. The monoisotopic (exact) mass is 344 g/mol. The van der Waals surface area contributed by atoms with E-state index >= 15 is 0 Å². The molecule has 1 fully saturated rings. The Hall–Kier alpha value is -1.28. The standard InChI is InChI=1S/C23H36O2/c1-3-4-5-6-7-8-9-10-11-12-13-14-21-15-17-22(18-16-21)24-19-23(2)20-25-23/h3,15-18H,1,4-14,19-20H2,2H3. The van der Waals surface area contributed by atoms with Crippen molar-refractivity contribution in [3.63, 3.8) is 0 Å². The van der Waals surface area contributed by atoms with Gasteiger partial charge in [0.15, 0.2) is 0 Å². The van der Waals surface area contributed by atoms with E-state index < -0.39 is 0 Å². The van der Waals surface area contributed by atoms with Gasteiger partial charge in [0.2, 0.25) is 0 Å². The molecule has 2 nitrogen and oxygen atoms in total. The summed E-state index contributed by atoms with van der Waals surface area (Å²) in [5.74, 6) is 0.952. The van der Waals surface area contributed by atoms with E-state index in [0.29, 0.717) is 6.61 Å². The van der Waals surface area contributed by atoms with E-state index in [2.05, 4.69) is 37.8 Å². The van der Waals surface area contributed by atoms with Crippen molar-refractivity contribution < 1.29 is 9.47 Å². The molecule has 0 bridgehead atoms. The number of benzene rings is 1. The minimum Gasteiger partial charge on any atom is -0.491 e. The topological polar surface area (TPSA) is 21.8 Å². The molecule has 1 heterocycles. The summed E-state index contributed by atoms with van der Waals surface area (Å²) in [6.45, 7) is 7.33. The average Bonchev–Trinajstić information content (AvgIpc) is 3.37. The maximum absolute atomic E-state index is 5.77. The third-order valence-electron chi connectivity index (χ3n) is 4.98. The maximum Gasteiger partial charge on any atom is 0.123 e. The van der Waals surface area contributed by atoms with Crippen LogP contribution in [0.2, 0.25) is 0 Å². The van der Waals surface area contributed by atoms with Crippen molar-refractivity contribution in [2.24, 2.45) is 0 Å². The lowest BCUT2D eigenvalue weighted by atomic mass is 10.0. The summed E-state index contributed by atoms with van der Waals surface area (Å²) in [4.78, 5) is 0. The van der Waals surface area contributed by atoms with Crippen LogP contribution >= 0.6 is 0 Å². The number of epoxide rings is 1. The number of ether oxygens (including phenoxy) is 2. The van der Waals surface area contributed by atoms with Crippen molar-refractivity contribution in [2.45, 2.75) is 83.2 Å². The molecule has 140 valence electrons. The van der Waals surface area contributed by atoms with Crippen molar-refractivity contribution in [3.8, 4) is 5.75 Å². The second kappa shape index (κ2) is 11.4. The maximum atomic E-state index is 5.77. The minimum absolute atomic E-state index is 0.0374. The van der Waals surface area contributed by atoms with Gasteiger partial charge in [0.25, 0.3) is 0 Å². The zero-order valence-corrected chi connectivity index (χ0v) is 16.1. The molecule has 2 heteroatoms. The van der Waals surface area contributed by atoms with Gasteiger partial charge in [-0.15, -0.1) is 6.58 Å². The molecule has 1 unspecified atom stereocenters. The Kier molecular flexibility index (Phi) is 9.10. The number of rotatable bonds is 15. The molecule has 1 aromatic carbocycles. The molecule has 0 amide bonds. The highest BCUT2D eigenvalue weighted by molar-refractivity contribution is 5.27. The number of unbranched alkanes of at least 4 members (excludes halogenated alkanes) is 9. The molecule has 0 aromatic heterocycles. The number of hydrogen-bond acceptors (Lipinski definition) is 2. The molecule has 1 aromatic rings. The van der Waals surface area contributed by atoms with Crippen LogP contribution in [0.25, 0.3) is 0 Å². The molecule has 0 aliphatic carbocycles. The summed E-state index contributed by atoms with van der Waals surface area (Å²) < 4.78 is 11.1. The van der Waals surface area contributed by atoms with E-state index in [1.165, 1.54) is 76.2 Å². The first-order valence-corrected chi connectivity index (χ1v) is 10.2. The highest BCUT2D eigenvalue weighted by Gasteiger charge is 2.40. The van der Waals surface area contributed by atoms with Gasteiger partial charge >= 0.3 is 0 Å². The Bertz CT molecular complexity index is 473. The molecule has 0 radical (unpaired) electrons. The second-order valence-electron chi connectivity index (χ2n) is 7.68. The van der Waals surface area contributed by atoms with Crippen molar-refractivity contribution in [2.75, 3.05) is 13.2 Å². The zero-order valence-electron chi connectivity index (χ0n) is 16.1. The van der Waals surface area contributed by atoms with Crippen LogP contribution < -0.4 is 4.74 Å². The van der Waals surface area contributed by atoms with Crippen LogP contribution in [-0.2, 0) is 11.2 Å². The fraction of sp³-hybridized carbons (Fsp3) is 0.652. The van der Waals surface area contributed by atoms with Gasteiger partial charge < -0.3 is 9.47 Å². The number of allylic oxidation sites excluding steroid dienone is 1. The Labute approximate surface area is 154 Å². The largest absolute Gasteiger partial charge is 0.491 e. The Morgan fingerprint density at radius 2 is 1.52 bits per heavy atom. The highest BCUT2D eigenvalue weighted by Crippen LogP contribution is 2.27. The van der Waals surface area contributed by atoms with Crippen LogP contribution in [0.4, 0.5) is 0 Å². The SMILES string of the molecule is C=CCCCCCCCCCCCc1ccc(OCC2(C)CO2)cc1. The predicted molar refractivity (Wildman–Crippen MR) is 106 cm³/mol. The van der Waals surface area contributed by atoms with Gasteiger partial charge in [-0.25, -0.2) is 0 Å². The predicted octanol–water partition coefficient (Wildman–Crippen LogP) is 6.48. The van der Waals surface area contributed by atoms with Crippen LogP contribution in [0.5, 0.6) is 5.75 Å². The summed E-state index contributed by atoms with van der Waals surface area (Å²) in [5.41, 5.74) is 1.38. The summed E-state index contributed by atoms with van der Waals surface area (Å²) in [7, 11) is 0. The third-order valence-corrected chi connectivity index (χ3v) is 4.98. The van der Waals surface area contributed by atoms with Crippen molar-refractivity contribution >= 4 is 0 Å². The molecule has 1 aliphatic heterocycles. The lowest BCUT2D eigenvalue weighted by Crippen LogP contribution is -2.16. The first kappa shape index (κ1) is 20.0. The van der Waals surface area contributed by atoms with E-state index in [0.717, 1.165) is 12.4 Å². The van der Waals surface area contributed by atoms with Crippen molar-refractivity contribution in [1.29, 1.82) is 0 Å². The summed E-state index contributed by atoms with van der Waals surface area (Å²) in [6.07, 6.45) is 16.7. The zero-order chi connectivity index (χ0) is 17.8. The van der Waals surface area contributed by atoms with E-state index in [1.807, 2.05) is 6.08 Å². The summed E-state index contributed by atoms with van der Waals surface area (Å²) in [5, 5.41) is 0. The Balaban J connectivity index is 1.43. The van der Waals surface area contributed by atoms with Crippen LogP contribution in [0, 0.1) is 0 Å². The molecule has 2 rings (SSSR count). The van der Waals surface area contributed by atoms with Gasteiger partial charge in [-0.3, -0.25) is 0 Å². The van der Waals surface area contributed by atoms with E-state index in [-0.39, 0.29) is 5.60 Å². The fourth-order valence-corrected chi connectivity index (χ4v) is 3.05. The first-order valence-electron chi connectivity index (χ1n) is 10.2. The summed E-state index contributed by atoms with van der Waals surface area (Å²) in [6, 6.07) is 8.59. The molecule has 1 atom stereocenters. The van der Waals surface area contributed by atoms with Crippen LogP contribution in [0.3, 0.4) is 0 Å². The van der Waals surface area contributed by atoms with E-state index in [4.69, 9.17) is 9.47 Å². The molecular formula is C23H36O2. The van der Waals surface area contributed by atoms with Gasteiger partial charge in [0, 0.05) is 0 Å². The molecule has 0 spiro atoms. The highest BCUT2D eigenvalue weighted by atomic mass is 16.6. The van der Waals surface area contributed by atoms with Crippen LogP contribution in [0.15, 0.2) is 36.9 Å². The van der Waals surface area contributed by atoms with Gasteiger partial charge in [0.1, 0.15) is 18.0 Å². The first-order chi connectivity index (χ1) is 12.2. The fourth-order valence-electron chi connectivity index (χ4n) is 3.05. The van der Waals surface area contributed by atoms with E-state index in [9.17, 15) is 0 Å². The van der Waals surface area contributed by atoms with Gasteiger partial charge in [-0.1, -0.05) is 63.2 Å². The second-order valence-corrected chi connectivity index (χ2v) is 7.68. The average molecular weight is 345 g/mol. The molecule has 0 saturated carbocycles. The lowest BCUT2D eigenvalue weighted by Gasteiger charge is -2.09. The summed E-state index contributed by atoms with van der Waals surface area (Å²) >= 11 is 0. The minimum atomic E-state index is -0.0374. The van der Waals surface area contributed by atoms with Crippen molar-refractivity contribution in [3.05, 3.63) is 42.5 Å². The Morgan fingerprint density at radius 3 is 2.08 bits per heavy atom. The normalized spacial score (nSPS) is 18.9. The van der Waals surface area contributed by atoms with Crippen molar-refractivity contribution in [1.82, 2.24) is 0 Å². The lowest BCUT2D eigenvalue weighted by molar-refractivity contribution is 0.202. The molecule has 1 aliphatic rings. The number of hydrogen-bond donors (Lipinski definition) is 0. The van der Waals surface area contributed by atoms with Crippen LogP contribution in [0.1, 0.15) is 76.7 Å². The Morgan fingerprint density at radius 1 is 0.960 bits per heavy atom. The molecule has 25 heavy (non-hydrogen) atoms. The van der Waals surface area contributed by atoms with Gasteiger partial charge in [-0.05, 0) is 50.3 Å².